The minimum atomic E-state index is -0.619. The largest absolute Gasteiger partial charge is 0.465 e. The number of esters is 1. The lowest BCUT2D eigenvalue weighted by Gasteiger charge is -2.35. The van der Waals surface area contributed by atoms with Crippen LogP contribution in [-0.2, 0) is 4.74 Å². The van der Waals surface area contributed by atoms with Gasteiger partial charge in [-0.25, -0.2) is 4.79 Å². The van der Waals surface area contributed by atoms with Crippen molar-refractivity contribution in [3.8, 4) is 0 Å². The van der Waals surface area contributed by atoms with Crippen LogP contribution >= 0.6 is 11.3 Å². The Morgan fingerprint density at radius 1 is 1.19 bits per heavy atom. The van der Waals surface area contributed by atoms with Crippen LogP contribution in [0.4, 0.5) is 11.4 Å². The van der Waals surface area contributed by atoms with Gasteiger partial charge in [-0.3, -0.25) is 14.9 Å². The van der Waals surface area contributed by atoms with Gasteiger partial charge in [0.15, 0.2) is 0 Å². The Labute approximate surface area is 153 Å². The number of amides is 1. The molecule has 0 saturated carbocycles. The van der Waals surface area contributed by atoms with Gasteiger partial charge in [0.1, 0.15) is 5.69 Å². The number of anilines is 1. The second-order valence-electron chi connectivity index (χ2n) is 5.71. The third kappa shape index (κ3) is 3.52. The van der Waals surface area contributed by atoms with E-state index in [4.69, 9.17) is 0 Å². The summed E-state index contributed by atoms with van der Waals surface area (Å²) in [4.78, 5) is 39.2. The van der Waals surface area contributed by atoms with Crippen molar-refractivity contribution in [3.05, 3.63) is 56.3 Å². The van der Waals surface area contributed by atoms with Gasteiger partial charge in [0.05, 0.1) is 22.5 Å². The molecule has 1 aromatic heterocycles. The van der Waals surface area contributed by atoms with Crippen LogP contribution in [0.2, 0.25) is 0 Å². The molecule has 0 N–H and O–H groups in total. The number of piperazine rings is 1. The van der Waals surface area contributed by atoms with Gasteiger partial charge in [-0.2, -0.15) is 0 Å². The molecule has 1 aromatic carbocycles. The molecule has 1 saturated heterocycles. The quantitative estimate of drug-likeness (QED) is 0.463. The van der Waals surface area contributed by atoms with Crippen LogP contribution in [0.3, 0.4) is 0 Å². The number of hydrogen-bond acceptors (Lipinski definition) is 7. The van der Waals surface area contributed by atoms with E-state index in [9.17, 15) is 19.7 Å². The van der Waals surface area contributed by atoms with Crippen LogP contribution in [0, 0.1) is 10.1 Å². The summed E-state index contributed by atoms with van der Waals surface area (Å²) in [6.07, 6.45) is 0. The lowest BCUT2D eigenvalue weighted by molar-refractivity contribution is -0.384. The topological polar surface area (TPSA) is 93.0 Å². The summed E-state index contributed by atoms with van der Waals surface area (Å²) in [7, 11) is 1.23. The molecule has 1 amide bonds. The maximum atomic E-state index is 12.4. The molecule has 0 atom stereocenters. The van der Waals surface area contributed by atoms with Crippen molar-refractivity contribution >= 4 is 34.6 Å². The van der Waals surface area contributed by atoms with Crippen molar-refractivity contribution in [1.82, 2.24) is 4.90 Å². The highest BCUT2D eigenvalue weighted by molar-refractivity contribution is 7.12. The van der Waals surface area contributed by atoms with Gasteiger partial charge in [0, 0.05) is 32.2 Å². The van der Waals surface area contributed by atoms with E-state index in [0.29, 0.717) is 36.7 Å². The van der Waals surface area contributed by atoms with Crippen molar-refractivity contribution in [1.29, 1.82) is 0 Å². The molecule has 9 heteroatoms. The van der Waals surface area contributed by atoms with Gasteiger partial charge >= 0.3 is 5.97 Å². The van der Waals surface area contributed by atoms with E-state index in [2.05, 4.69) is 4.74 Å². The molecule has 1 aliphatic rings. The number of nitro groups is 1. The number of methoxy groups -OCH3 is 1. The third-order valence-electron chi connectivity index (χ3n) is 4.23. The van der Waals surface area contributed by atoms with Crippen molar-refractivity contribution in [2.45, 2.75) is 0 Å². The fraction of sp³-hybridized carbons (Fsp3) is 0.294. The van der Waals surface area contributed by atoms with Gasteiger partial charge < -0.3 is 14.5 Å². The number of thiophene rings is 1. The number of ether oxygens (including phenoxy) is 1. The van der Waals surface area contributed by atoms with E-state index >= 15 is 0 Å². The SMILES string of the molecule is COC(=O)c1ccc(N2CCN(C(=O)c3cccs3)CC2)c([N+](=O)[O-])c1. The molecule has 1 aliphatic heterocycles. The highest BCUT2D eigenvalue weighted by Gasteiger charge is 2.27. The molecule has 0 aliphatic carbocycles. The van der Waals surface area contributed by atoms with Crippen LogP contribution < -0.4 is 4.90 Å². The predicted molar refractivity (Wildman–Crippen MR) is 96.9 cm³/mol. The summed E-state index contributed by atoms with van der Waals surface area (Å²) >= 11 is 1.40. The molecule has 2 aromatic rings. The zero-order valence-electron chi connectivity index (χ0n) is 14.1. The van der Waals surface area contributed by atoms with Crippen LogP contribution in [0.1, 0.15) is 20.0 Å². The normalized spacial score (nSPS) is 14.2. The van der Waals surface area contributed by atoms with Crippen LogP contribution in [0.25, 0.3) is 0 Å². The van der Waals surface area contributed by atoms with E-state index < -0.39 is 10.9 Å². The summed E-state index contributed by atoms with van der Waals surface area (Å²) in [5.74, 6) is -0.638. The number of nitro benzene ring substituents is 1. The Morgan fingerprint density at radius 3 is 2.50 bits per heavy atom. The highest BCUT2D eigenvalue weighted by atomic mass is 32.1. The second kappa shape index (κ2) is 7.52. The molecule has 3 rings (SSSR count). The van der Waals surface area contributed by atoms with Crippen molar-refractivity contribution in [2.75, 3.05) is 38.2 Å². The number of carbonyl (C=O) groups is 2. The molecule has 0 radical (unpaired) electrons. The number of benzene rings is 1. The number of carbonyl (C=O) groups excluding carboxylic acids is 2. The number of nitrogens with zero attached hydrogens (tertiary/aromatic N) is 3. The zero-order chi connectivity index (χ0) is 18.7. The van der Waals surface area contributed by atoms with Crippen LogP contribution in [0.15, 0.2) is 35.7 Å². The predicted octanol–water partition coefficient (Wildman–Crippen LogP) is 2.41. The van der Waals surface area contributed by atoms with E-state index in [-0.39, 0.29) is 17.2 Å². The Balaban J connectivity index is 1.75. The Bertz CT molecular complexity index is 829. The van der Waals surface area contributed by atoms with Crippen molar-refractivity contribution < 1.29 is 19.2 Å². The molecular weight excluding hydrogens is 358 g/mol. The lowest BCUT2D eigenvalue weighted by atomic mass is 10.1. The Morgan fingerprint density at radius 2 is 1.92 bits per heavy atom. The maximum absolute atomic E-state index is 12.4. The number of hydrogen-bond donors (Lipinski definition) is 0. The molecule has 0 spiro atoms. The first kappa shape index (κ1) is 17.9. The average molecular weight is 375 g/mol. The molecule has 0 unspecified atom stereocenters. The fourth-order valence-electron chi connectivity index (χ4n) is 2.89. The van der Waals surface area contributed by atoms with Crippen LogP contribution in [0.5, 0.6) is 0 Å². The number of rotatable bonds is 4. The highest BCUT2D eigenvalue weighted by Crippen LogP contribution is 2.30. The van der Waals surface area contributed by atoms with Gasteiger partial charge in [-0.15, -0.1) is 11.3 Å². The van der Waals surface area contributed by atoms with Gasteiger partial charge in [-0.1, -0.05) is 6.07 Å². The summed E-state index contributed by atoms with van der Waals surface area (Å²) in [6, 6.07) is 7.92. The summed E-state index contributed by atoms with van der Waals surface area (Å²) in [5.41, 5.74) is 0.422. The van der Waals surface area contributed by atoms with E-state index in [1.165, 1.54) is 30.6 Å². The second-order valence-corrected chi connectivity index (χ2v) is 6.66. The molecule has 2 heterocycles. The summed E-state index contributed by atoms with van der Waals surface area (Å²) in [6.45, 7) is 1.92. The molecule has 0 bridgehead atoms. The molecule has 1 fully saturated rings. The Hall–Kier alpha value is -2.94. The first-order chi connectivity index (χ1) is 12.5. The lowest BCUT2D eigenvalue weighted by Crippen LogP contribution is -2.48. The molecular formula is C17H17N3O5S. The maximum Gasteiger partial charge on any atom is 0.338 e. The van der Waals surface area contributed by atoms with Crippen molar-refractivity contribution in [3.63, 3.8) is 0 Å². The Kier molecular flexibility index (Phi) is 5.17. The van der Waals surface area contributed by atoms with E-state index in [1.807, 2.05) is 16.3 Å². The van der Waals surface area contributed by atoms with E-state index in [1.54, 1.807) is 17.0 Å². The first-order valence-corrected chi connectivity index (χ1v) is 8.83. The van der Waals surface area contributed by atoms with Gasteiger partial charge in [-0.05, 0) is 23.6 Å². The standard InChI is InChI=1S/C17H17N3O5S/c1-25-17(22)12-4-5-13(14(11-12)20(23)24)18-6-8-19(9-7-18)16(21)15-3-2-10-26-15/h2-5,10-11H,6-9H2,1H3. The molecule has 136 valence electrons. The molecule has 26 heavy (non-hydrogen) atoms. The van der Waals surface area contributed by atoms with E-state index in [0.717, 1.165) is 0 Å². The smallest absolute Gasteiger partial charge is 0.338 e. The first-order valence-electron chi connectivity index (χ1n) is 7.95. The summed E-state index contributed by atoms with van der Waals surface area (Å²) in [5, 5.41) is 13.3. The average Bonchev–Trinajstić information content (AvgIpc) is 3.21. The molecule has 8 nitrogen and oxygen atoms in total. The summed E-state index contributed by atoms with van der Waals surface area (Å²) < 4.78 is 4.61. The zero-order valence-corrected chi connectivity index (χ0v) is 14.9. The van der Waals surface area contributed by atoms with Gasteiger partial charge in [0.25, 0.3) is 11.6 Å². The monoisotopic (exact) mass is 375 g/mol. The minimum Gasteiger partial charge on any atom is -0.465 e. The fourth-order valence-corrected chi connectivity index (χ4v) is 3.58. The third-order valence-corrected chi connectivity index (χ3v) is 5.09. The van der Waals surface area contributed by atoms with Gasteiger partial charge in [0.2, 0.25) is 0 Å². The van der Waals surface area contributed by atoms with Crippen LogP contribution in [-0.4, -0.2) is 55.0 Å². The minimum absolute atomic E-state index is 0.0183. The van der Waals surface area contributed by atoms with Crippen molar-refractivity contribution in [2.24, 2.45) is 0 Å².